The molecule has 2 unspecified atom stereocenters. The lowest BCUT2D eigenvalue weighted by molar-refractivity contribution is 0.105. The van der Waals surface area contributed by atoms with Crippen LogP contribution in [0.1, 0.15) is 25.7 Å². The average Bonchev–Trinajstić information content (AvgIpc) is 2.80. The average molecular weight is 262 g/mol. The number of hydrogen-bond donors (Lipinski definition) is 2. The summed E-state index contributed by atoms with van der Waals surface area (Å²) in [6.07, 6.45) is 4.19. The van der Waals surface area contributed by atoms with Crippen molar-refractivity contribution in [2.75, 3.05) is 11.9 Å². The molecule has 1 saturated carbocycles. The number of hydrogen-bond acceptors (Lipinski definition) is 4. The summed E-state index contributed by atoms with van der Waals surface area (Å²) in [5.41, 5.74) is 1.06. The second-order valence-corrected chi connectivity index (χ2v) is 5.87. The lowest BCUT2D eigenvalue weighted by Gasteiger charge is -2.25. The molecule has 1 aliphatic carbocycles. The van der Waals surface area contributed by atoms with Gasteiger partial charge in [-0.2, -0.15) is 4.37 Å². The van der Waals surface area contributed by atoms with Crippen molar-refractivity contribution in [2.24, 2.45) is 5.92 Å². The predicted molar refractivity (Wildman–Crippen MR) is 76.1 cm³/mol. The van der Waals surface area contributed by atoms with Crippen molar-refractivity contribution in [2.45, 2.75) is 31.8 Å². The Morgan fingerprint density at radius 1 is 1.33 bits per heavy atom. The molecule has 1 fully saturated rings. The maximum Gasteiger partial charge on any atom is 0.117 e. The van der Waals surface area contributed by atoms with Crippen LogP contribution in [0.4, 0.5) is 5.00 Å². The van der Waals surface area contributed by atoms with E-state index in [1.165, 1.54) is 23.3 Å². The number of aliphatic hydroxyl groups is 1. The van der Waals surface area contributed by atoms with Crippen molar-refractivity contribution in [3.05, 3.63) is 24.3 Å². The fourth-order valence-electron chi connectivity index (χ4n) is 2.70. The van der Waals surface area contributed by atoms with Gasteiger partial charge in [0.1, 0.15) is 5.00 Å². The molecule has 4 heteroatoms. The van der Waals surface area contributed by atoms with Gasteiger partial charge in [-0.1, -0.05) is 18.6 Å². The Morgan fingerprint density at radius 2 is 2.22 bits per heavy atom. The van der Waals surface area contributed by atoms with Crippen molar-refractivity contribution >= 4 is 27.4 Å². The van der Waals surface area contributed by atoms with Crippen LogP contribution in [-0.2, 0) is 0 Å². The number of aliphatic hydroxyl groups excluding tert-OH is 1. The Kier molecular flexibility index (Phi) is 3.48. The number of fused-ring (bicyclic) bond motifs is 1. The maximum atomic E-state index is 9.67. The summed E-state index contributed by atoms with van der Waals surface area (Å²) in [6, 6.07) is 8.22. The Morgan fingerprint density at radius 3 is 3.11 bits per heavy atom. The summed E-state index contributed by atoms with van der Waals surface area (Å²) >= 11 is 1.53. The minimum atomic E-state index is -0.0937. The first kappa shape index (κ1) is 11.9. The summed E-state index contributed by atoms with van der Waals surface area (Å²) < 4.78 is 4.43. The maximum absolute atomic E-state index is 9.67. The predicted octanol–water partition coefficient (Wildman–Crippen LogP) is 3.26. The molecule has 0 aliphatic heterocycles. The molecule has 2 aromatic rings. The number of nitrogens with one attached hydrogen (secondary N) is 1. The minimum absolute atomic E-state index is 0.0937. The zero-order valence-electron chi connectivity index (χ0n) is 10.3. The normalized spacial score (nSPS) is 24.3. The standard InChI is InChI=1S/C14H18N2OS/c17-11-5-3-4-10(8-11)9-15-14-12-6-1-2-7-13(12)16-18-14/h1-2,6-7,10-11,15,17H,3-5,8-9H2. The van der Waals surface area contributed by atoms with E-state index in [9.17, 15) is 5.11 Å². The molecular formula is C14H18N2OS. The third-order valence-electron chi connectivity index (χ3n) is 3.69. The van der Waals surface area contributed by atoms with Gasteiger partial charge in [0, 0.05) is 11.9 Å². The van der Waals surface area contributed by atoms with Crippen molar-refractivity contribution in [3.63, 3.8) is 0 Å². The van der Waals surface area contributed by atoms with Crippen LogP contribution in [0.2, 0.25) is 0 Å². The molecule has 3 nitrogen and oxygen atoms in total. The van der Waals surface area contributed by atoms with Crippen LogP contribution >= 0.6 is 11.5 Å². The summed E-state index contributed by atoms with van der Waals surface area (Å²) in [7, 11) is 0. The van der Waals surface area contributed by atoms with E-state index in [0.29, 0.717) is 5.92 Å². The molecule has 2 atom stereocenters. The van der Waals surface area contributed by atoms with Crippen LogP contribution in [0.5, 0.6) is 0 Å². The fourth-order valence-corrected chi connectivity index (χ4v) is 3.47. The van der Waals surface area contributed by atoms with E-state index in [4.69, 9.17) is 0 Å². The second-order valence-electron chi connectivity index (χ2n) is 5.10. The Balaban J connectivity index is 1.66. The van der Waals surface area contributed by atoms with E-state index in [1.807, 2.05) is 18.2 Å². The molecule has 96 valence electrons. The quantitative estimate of drug-likeness (QED) is 0.892. The van der Waals surface area contributed by atoms with Gasteiger partial charge in [-0.05, 0) is 48.8 Å². The van der Waals surface area contributed by atoms with E-state index in [-0.39, 0.29) is 6.10 Å². The zero-order chi connectivity index (χ0) is 12.4. The van der Waals surface area contributed by atoms with Crippen molar-refractivity contribution in [1.29, 1.82) is 0 Å². The first-order valence-corrected chi connectivity index (χ1v) is 7.36. The molecule has 18 heavy (non-hydrogen) atoms. The summed E-state index contributed by atoms with van der Waals surface area (Å²) in [4.78, 5) is 0. The molecule has 3 rings (SSSR count). The number of anilines is 1. The third kappa shape index (κ3) is 2.49. The monoisotopic (exact) mass is 262 g/mol. The molecule has 0 bridgehead atoms. The van der Waals surface area contributed by atoms with Crippen molar-refractivity contribution < 1.29 is 5.11 Å². The topological polar surface area (TPSA) is 45.1 Å². The number of benzene rings is 1. The van der Waals surface area contributed by atoms with Gasteiger partial charge < -0.3 is 10.4 Å². The first-order chi connectivity index (χ1) is 8.83. The fraction of sp³-hybridized carbons (Fsp3) is 0.500. The highest BCUT2D eigenvalue weighted by Gasteiger charge is 2.20. The van der Waals surface area contributed by atoms with Gasteiger partial charge in [0.15, 0.2) is 0 Å². The number of nitrogens with zero attached hydrogens (tertiary/aromatic N) is 1. The molecule has 2 N–H and O–H groups in total. The van der Waals surface area contributed by atoms with Gasteiger partial charge in [0.25, 0.3) is 0 Å². The summed E-state index contributed by atoms with van der Waals surface area (Å²) in [5.74, 6) is 0.592. The van der Waals surface area contributed by atoms with Gasteiger partial charge in [-0.3, -0.25) is 0 Å². The number of rotatable bonds is 3. The second kappa shape index (κ2) is 5.24. The Bertz CT molecular complexity index is 525. The Hall–Kier alpha value is -1.13. The van der Waals surface area contributed by atoms with Gasteiger partial charge in [0.05, 0.1) is 11.6 Å². The largest absolute Gasteiger partial charge is 0.393 e. The first-order valence-electron chi connectivity index (χ1n) is 6.59. The van der Waals surface area contributed by atoms with Crippen molar-refractivity contribution in [1.82, 2.24) is 4.37 Å². The highest BCUT2D eigenvalue weighted by atomic mass is 32.1. The summed E-state index contributed by atoms with van der Waals surface area (Å²) in [5, 5.41) is 15.5. The summed E-state index contributed by atoms with van der Waals surface area (Å²) in [6.45, 7) is 0.948. The van der Waals surface area contributed by atoms with Crippen LogP contribution in [0.15, 0.2) is 24.3 Å². The van der Waals surface area contributed by atoms with Crippen molar-refractivity contribution in [3.8, 4) is 0 Å². The molecule has 0 radical (unpaired) electrons. The van der Waals surface area contributed by atoms with E-state index in [0.717, 1.165) is 36.3 Å². The molecule has 0 saturated heterocycles. The van der Waals surface area contributed by atoms with E-state index in [1.54, 1.807) is 0 Å². The zero-order valence-corrected chi connectivity index (χ0v) is 11.1. The lowest BCUT2D eigenvalue weighted by atomic mass is 9.87. The van der Waals surface area contributed by atoms with Crippen LogP contribution in [0, 0.1) is 5.92 Å². The Labute approximate surface area is 111 Å². The van der Waals surface area contributed by atoms with Crippen LogP contribution in [0.25, 0.3) is 10.9 Å². The molecule has 1 aliphatic rings. The molecule has 0 spiro atoms. The molecule has 1 aromatic heterocycles. The van der Waals surface area contributed by atoms with Crippen LogP contribution < -0.4 is 5.32 Å². The molecule has 1 heterocycles. The molecular weight excluding hydrogens is 244 g/mol. The van der Waals surface area contributed by atoms with E-state index in [2.05, 4.69) is 15.8 Å². The third-order valence-corrected chi connectivity index (χ3v) is 4.53. The van der Waals surface area contributed by atoms with E-state index < -0.39 is 0 Å². The van der Waals surface area contributed by atoms with Gasteiger partial charge >= 0.3 is 0 Å². The molecule has 0 amide bonds. The number of aromatic nitrogens is 1. The van der Waals surface area contributed by atoms with E-state index >= 15 is 0 Å². The highest BCUT2D eigenvalue weighted by Crippen LogP contribution is 2.29. The molecule has 1 aromatic carbocycles. The van der Waals surface area contributed by atoms with Crippen LogP contribution in [0.3, 0.4) is 0 Å². The smallest absolute Gasteiger partial charge is 0.117 e. The van der Waals surface area contributed by atoms with Gasteiger partial charge in [0.2, 0.25) is 0 Å². The minimum Gasteiger partial charge on any atom is -0.393 e. The van der Waals surface area contributed by atoms with Crippen LogP contribution in [-0.4, -0.2) is 22.1 Å². The lowest BCUT2D eigenvalue weighted by Crippen LogP contribution is -2.24. The van der Waals surface area contributed by atoms with Gasteiger partial charge in [-0.25, -0.2) is 0 Å². The highest BCUT2D eigenvalue weighted by molar-refractivity contribution is 7.11. The SMILES string of the molecule is OC1CCCC(CNc2snc3ccccc23)C1. The van der Waals surface area contributed by atoms with Gasteiger partial charge in [-0.15, -0.1) is 0 Å².